The zero-order chi connectivity index (χ0) is 17.8. The van der Waals surface area contributed by atoms with E-state index in [1.807, 2.05) is 6.07 Å². The Morgan fingerprint density at radius 1 is 1.19 bits per heavy atom. The second kappa shape index (κ2) is 8.52. The number of carbonyl (C=O) groups excluding carboxylic acids is 1. The Labute approximate surface area is 153 Å². The third-order valence-electron chi connectivity index (χ3n) is 5.26. The third kappa shape index (κ3) is 4.85. The third-order valence-corrected chi connectivity index (χ3v) is 5.26. The summed E-state index contributed by atoms with van der Waals surface area (Å²) in [7, 11) is 0. The van der Waals surface area contributed by atoms with Crippen LogP contribution in [0, 0.1) is 5.92 Å². The highest BCUT2D eigenvalue weighted by atomic mass is 16.5. The van der Waals surface area contributed by atoms with Gasteiger partial charge < -0.3 is 23.9 Å². The summed E-state index contributed by atoms with van der Waals surface area (Å²) in [5, 5.41) is 3.11. The lowest BCUT2D eigenvalue weighted by Crippen LogP contribution is -2.50. The first kappa shape index (κ1) is 18.0. The molecule has 2 saturated heterocycles. The molecular weight excluding hydrogens is 336 g/mol. The Morgan fingerprint density at radius 2 is 2.04 bits per heavy atom. The van der Waals surface area contributed by atoms with Crippen LogP contribution < -0.4 is 5.32 Å². The molecular formula is C19H28N2O5. The molecule has 0 radical (unpaired) electrons. The van der Waals surface area contributed by atoms with Crippen molar-refractivity contribution in [1.29, 1.82) is 0 Å². The molecule has 2 atom stereocenters. The molecule has 7 nitrogen and oxygen atoms in total. The van der Waals surface area contributed by atoms with Gasteiger partial charge in [0.05, 0.1) is 38.0 Å². The van der Waals surface area contributed by atoms with Gasteiger partial charge in [-0.2, -0.15) is 0 Å². The molecule has 1 saturated carbocycles. The quantitative estimate of drug-likeness (QED) is 0.789. The molecule has 2 aliphatic heterocycles. The van der Waals surface area contributed by atoms with Gasteiger partial charge in [-0.15, -0.1) is 0 Å². The molecule has 1 N–H and O–H groups in total. The summed E-state index contributed by atoms with van der Waals surface area (Å²) in [5.41, 5.74) is 0.570. The maximum Gasteiger partial charge on any atom is 0.254 e. The van der Waals surface area contributed by atoms with Crippen LogP contribution in [-0.4, -0.2) is 69.1 Å². The average Bonchev–Trinajstić information content (AvgIpc) is 3.38. The summed E-state index contributed by atoms with van der Waals surface area (Å²) in [4.78, 5) is 14.9. The van der Waals surface area contributed by atoms with E-state index in [1.165, 1.54) is 12.8 Å². The van der Waals surface area contributed by atoms with Gasteiger partial charge >= 0.3 is 0 Å². The maximum atomic E-state index is 12.6. The number of furan rings is 1. The maximum absolute atomic E-state index is 12.6. The molecule has 3 aliphatic rings. The summed E-state index contributed by atoms with van der Waals surface area (Å²) >= 11 is 0. The van der Waals surface area contributed by atoms with E-state index in [0.717, 1.165) is 45.1 Å². The van der Waals surface area contributed by atoms with Gasteiger partial charge in [0.2, 0.25) is 0 Å². The summed E-state index contributed by atoms with van der Waals surface area (Å²) in [6.07, 6.45) is 4.77. The number of hydrogen-bond donors (Lipinski definition) is 1. The molecule has 144 valence electrons. The predicted octanol–water partition coefficient (Wildman–Crippen LogP) is 1.43. The second-order valence-electron chi connectivity index (χ2n) is 7.45. The highest BCUT2D eigenvalue weighted by Crippen LogP contribution is 2.30. The Bertz CT molecular complexity index is 595. The molecule has 1 amide bonds. The average molecular weight is 364 g/mol. The lowest BCUT2D eigenvalue weighted by atomic mass is 10.1. The van der Waals surface area contributed by atoms with Crippen LogP contribution in [0.4, 0.5) is 0 Å². The van der Waals surface area contributed by atoms with Crippen molar-refractivity contribution < 1.29 is 23.4 Å². The number of nitrogens with one attached hydrogen (secondary N) is 1. The van der Waals surface area contributed by atoms with E-state index in [4.69, 9.17) is 18.6 Å². The Morgan fingerprint density at radius 3 is 2.85 bits per heavy atom. The Balaban J connectivity index is 1.30. The number of rotatable bonds is 7. The summed E-state index contributed by atoms with van der Waals surface area (Å²) in [5.74, 6) is 1.41. The first-order valence-electron chi connectivity index (χ1n) is 9.65. The first-order valence-corrected chi connectivity index (χ1v) is 9.65. The molecule has 0 bridgehead atoms. The molecule has 3 heterocycles. The van der Waals surface area contributed by atoms with Crippen LogP contribution in [0.2, 0.25) is 0 Å². The second-order valence-corrected chi connectivity index (χ2v) is 7.45. The molecule has 1 aromatic heterocycles. The van der Waals surface area contributed by atoms with Crippen LogP contribution in [-0.2, 0) is 20.8 Å². The molecule has 7 heteroatoms. The van der Waals surface area contributed by atoms with Gasteiger partial charge in [0.15, 0.2) is 0 Å². The summed E-state index contributed by atoms with van der Waals surface area (Å²) in [6.45, 7) is 5.97. The van der Waals surface area contributed by atoms with Crippen molar-refractivity contribution >= 4 is 5.91 Å². The summed E-state index contributed by atoms with van der Waals surface area (Å²) < 4.78 is 22.5. The van der Waals surface area contributed by atoms with E-state index in [0.29, 0.717) is 31.2 Å². The fourth-order valence-corrected chi connectivity index (χ4v) is 3.40. The van der Waals surface area contributed by atoms with Gasteiger partial charge in [-0.05, 0) is 31.2 Å². The molecule has 26 heavy (non-hydrogen) atoms. The van der Waals surface area contributed by atoms with Crippen molar-refractivity contribution in [3.8, 4) is 0 Å². The number of hydrogen-bond acceptors (Lipinski definition) is 6. The van der Waals surface area contributed by atoms with Gasteiger partial charge in [-0.1, -0.05) is 0 Å². The fourth-order valence-electron chi connectivity index (χ4n) is 3.40. The smallest absolute Gasteiger partial charge is 0.254 e. The van der Waals surface area contributed by atoms with E-state index in [2.05, 4.69) is 10.2 Å². The summed E-state index contributed by atoms with van der Waals surface area (Å²) in [6, 6.07) is 1.83. The molecule has 0 aromatic carbocycles. The standard InChI is InChI=1S/C19H28N2O5/c22-19(15-9-16(25-12-15)10-21-4-7-23-8-5-21)20-17-3-6-24-13-18(17)26-11-14-1-2-14/h9,12,14,17-18H,1-8,10-11,13H2,(H,20,22)/t17-,18-/m1/s1. The first-order chi connectivity index (χ1) is 12.8. The van der Waals surface area contributed by atoms with Crippen molar-refractivity contribution in [3.63, 3.8) is 0 Å². The lowest BCUT2D eigenvalue weighted by molar-refractivity contribution is -0.0697. The van der Waals surface area contributed by atoms with Crippen molar-refractivity contribution in [3.05, 3.63) is 23.7 Å². The molecule has 1 aromatic rings. The van der Waals surface area contributed by atoms with Crippen LogP contribution in [0.15, 0.2) is 16.7 Å². The van der Waals surface area contributed by atoms with Crippen LogP contribution in [0.25, 0.3) is 0 Å². The van der Waals surface area contributed by atoms with E-state index >= 15 is 0 Å². The van der Waals surface area contributed by atoms with Crippen LogP contribution in [0.1, 0.15) is 35.4 Å². The van der Waals surface area contributed by atoms with Gasteiger partial charge in [0.1, 0.15) is 18.1 Å². The van der Waals surface area contributed by atoms with Crippen molar-refractivity contribution in [2.75, 3.05) is 46.1 Å². The number of amides is 1. The molecule has 1 aliphatic carbocycles. The minimum Gasteiger partial charge on any atom is -0.467 e. The minimum absolute atomic E-state index is 0.00686. The number of carbonyl (C=O) groups is 1. The van der Waals surface area contributed by atoms with Crippen LogP contribution in [0.5, 0.6) is 0 Å². The van der Waals surface area contributed by atoms with Crippen molar-refractivity contribution in [1.82, 2.24) is 10.2 Å². The monoisotopic (exact) mass is 364 g/mol. The fraction of sp³-hybridized carbons (Fsp3) is 0.737. The Kier molecular flexibility index (Phi) is 5.89. The van der Waals surface area contributed by atoms with Gasteiger partial charge in [0, 0.05) is 26.3 Å². The lowest BCUT2D eigenvalue weighted by Gasteiger charge is -2.32. The number of ether oxygens (including phenoxy) is 3. The molecule has 3 fully saturated rings. The van der Waals surface area contributed by atoms with Crippen LogP contribution >= 0.6 is 0 Å². The zero-order valence-corrected chi connectivity index (χ0v) is 15.2. The van der Waals surface area contributed by atoms with E-state index < -0.39 is 0 Å². The van der Waals surface area contributed by atoms with Gasteiger partial charge in [-0.25, -0.2) is 0 Å². The van der Waals surface area contributed by atoms with E-state index in [-0.39, 0.29) is 18.1 Å². The predicted molar refractivity (Wildman–Crippen MR) is 94.0 cm³/mol. The largest absolute Gasteiger partial charge is 0.467 e. The topological polar surface area (TPSA) is 73.2 Å². The minimum atomic E-state index is -0.103. The van der Waals surface area contributed by atoms with Crippen LogP contribution in [0.3, 0.4) is 0 Å². The molecule has 0 unspecified atom stereocenters. The number of morpholine rings is 1. The van der Waals surface area contributed by atoms with Crippen molar-refractivity contribution in [2.45, 2.75) is 38.0 Å². The molecule has 0 spiro atoms. The normalized spacial score (nSPS) is 27.4. The zero-order valence-electron chi connectivity index (χ0n) is 15.2. The van der Waals surface area contributed by atoms with E-state index in [9.17, 15) is 4.79 Å². The number of nitrogens with zero attached hydrogens (tertiary/aromatic N) is 1. The SMILES string of the molecule is O=C(N[C@@H]1CCOC[C@H]1OCC1CC1)c1coc(CN2CCOCC2)c1. The van der Waals surface area contributed by atoms with Crippen molar-refractivity contribution in [2.24, 2.45) is 5.92 Å². The van der Waals surface area contributed by atoms with E-state index in [1.54, 1.807) is 6.26 Å². The van der Waals surface area contributed by atoms with Gasteiger partial charge in [-0.3, -0.25) is 9.69 Å². The highest BCUT2D eigenvalue weighted by Gasteiger charge is 2.31. The highest BCUT2D eigenvalue weighted by molar-refractivity contribution is 5.94. The Hall–Kier alpha value is -1.41. The van der Waals surface area contributed by atoms with Gasteiger partial charge in [0.25, 0.3) is 5.91 Å². The molecule has 4 rings (SSSR count).